The number of hydrogen-bond acceptors (Lipinski definition) is 7. The first-order chi connectivity index (χ1) is 12.6. The molecule has 3 aromatic heterocycles. The van der Waals surface area contributed by atoms with E-state index in [9.17, 15) is 0 Å². The number of aromatic nitrogens is 7. The fraction of sp³-hybridized carbons (Fsp3) is 0.444. The van der Waals surface area contributed by atoms with Crippen LogP contribution in [0.3, 0.4) is 0 Å². The van der Waals surface area contributed by atoms with Crippen LogP contribution in [0.2, 0.25) is 0 Å². The van der Waals surface area contributed by atoms with E-state index in [1.807, 2.05) is 38.1 Å². The average Bonchev–Trinajstić information content (AvgIpc) is 3.12. The molecular formula is C18H23N7S. The fourth-order valence-electron chi connectivity index (χ4n) is 2.57. The minimum absolute atomic E-state index is 0.584. The Labute approximate surface area is 157 Å². The Morgan fingerprint density at radius 1 is 0.962 bits per heavy atom. The van der Waals surface area contributed by atoms with Gasteiger partial charge in [-0.15, -0.1) is 16.9 Å². The largest absolute Gasteiger partial charge is 0.257 e. The summed E-state index contributed by atoms with van der Waals surface area (Å²) in [6.07, 6.45) is 15.2. The van der Waals surface area contributed by atoms with Gasteiger partial charge in [0.15, 0.2) is 0 Å². The van der Waals surface area contributed by atoms with Gasteiger partial charge in [0, 0.05) is 37.0 Å². The highest BCUT2D eigenvalue weighted by Gasteiger charge is 2.08. The molecule has 26 heavy (non-hydrogen) atoms. The van der Waals surface area contributed by atoms with Crippen LogP contribution in [0.25, 0.3) is 11.4 Å². The first-order valence-electron chi connectivity index (χ1n) is 8.66. The third-order valence-corrected chi connectivity index (χ3v) is 4.92. The second kappa shape index (κ2) is 8.84. The number of hydrogen-bond donors (Lipinski definition) is 0. The van der Waals surface area contributed by atoms with Gasteiger partial charge < -0.3 is 0 Å². The smallest absolute Gasteiger partial charge is 0.132 e. The molecule has 0 aliphatic rings. The third-order valence-electron chi connectivity index (χ3n) is 4.24. The quantitative estimate of drug-likeness (QED) is 0.564. The summed E-state index contributed by atoms with van der Waals surface area (Å²) in [5, 5.41) is 7.97. The molecule has 0 aliphatic carbocycles. The average molecular weight is 369 g/mol. The van der Waals surface area contributed by atoms with Crippen LogP contribution in [0.15, 0.2) is 35.9 Å². The van der Waals surface area contributed by atoms with E-state index in [-0.39, 0.29) is 0 Å². The summed E-state index contributed by atoms with van der Waals surface area (Å²) in [5.74, 6) is 1.50. The number of nitrogens with zero attached hydrogens (tertiary/aromatic N) is 7. The van der Waals surface area contributed by atoms with Gasteiger partial charge in [0.05, 0.1) is 18.1 Å². The Balaban J connectivity index is 1.45. The van der Waals surface area contributed by atoms with E-state index in [1.54, 1.807) is 22.6 Å². The van der Waals surface area contributed by atoms with Crippen LogP contribution in [0.4, 0.5) is 0 Å². The maximum absolute atomic E-state index is 4.51. The highest BCUT2D eigenvalue weighted by molar-refractivity contribution is 7.98. The van der Waals surface area contributed by atoms with Crippen molar-refractivity contribution in [2.75, 3.05) is 6.26 Å². The highest BCUT2D eigenvalue weighted by atomic mass is 32.2. The molecule has 0 fully saturated rings. The molecule has 0 radical (unpaired) electrons. The zero-order valence-electron chi connectivity index (χ0n) is 15.3. The summed E-state index contributed by atoms with van der Waals surface area (Å²) in [5.41, 5.74) is 2.50. The SMILES string of the molecule is CSc1cnc(CCC(C)CCc2cnc(-c3cn(C)nn3)cn2)nc1. The third kappa shape index (κ3) is 5.08. The van der Waals surface area contributed by atoms with Crippen LogP contribution in [0.5, 0.6) is 0 Å². The van der Waals surface area contributed by atoms with Crippen molar-refractivity contribution in [2.45, 2.75) is 37.5 Å². The first kappa shape index (κ1) is 18.4. The van der Waals surface area contributed by atoms with Gasteiger partial charge in [-0.05, 0) is 31.4 Å². The summed E-state index contributed by atoms with van der Waals surface area (Å²) in [7, 11) is 1.84. The zero-order valence-corrected chi connectivity index (χ0v) is 16.1. The Kier molecular flexibility index (Phi) is 6.27. The molecule has 3 heterocycles. The van der Waals surface area contributed by atoms with Crippen LogP contribution >= 0.6 is 11.8 Å². The number of aryl methyl sites for hydroxylation is 3. The molecule has 0 saturated carbocycles. The molecule has 0 amide bonds. The van der Waals surface area contributed by atoms with Gasteiger partial charge in [0.2, 0.25) is 0 Å². The molecule has 0 aromatic carbocycles. The van der Waals surface area contributed by atoms with Crippen molar-refractivity contribution in [3.8, 4) is 11.4 Å². The van der Waals surface area contributed by atoms with E-state index in [0.29, 0.717) is 5.92 Å². The number of thioether (sulfide) groups is 1. The first-order valence-corrected chi connectivity index (χ1v) is 9.89. The fourth-order valence-corrected chi connectivity index (χ4v) is 2.89. The van der Waals surface area contributed by atoms with Crippen molar-refractivity contribution in [2.24, 2.45) is 13.0 Å². The van der Waals surface area contributed by atoms with Crippen molar-refractivity contribution in [3.63, 3.8) is 0 Å². The molecule has 0 aliphatic heterocycles. The van der Waals surface area contributed by atoms with Gasteiger partial charge in [-0.3, -0.25) is 14.6 Å². The van der Waals surface area contributed by atoms with Gasteiger partial charge in [-0.1, -0.05) is 12.1 Å². The maximum atomic E-state index is 4.51. The summed E-state index contributed by atoms with van der Waals surface area (Å²) in [6, 6.07) is 0. The van der Waals surface area contributed by atoms with Crippen molar-refractivity contribution in [1.82, 2.24) is 34.9 Å². The Morgan fingerprint density at radius 2 is 1.73 bits per heavy atom. The summed E-state index contributed by atoms with van der Waals surface area (Å²) < 4.78 is 1.66. The summed E-state index contributed by atoms with van der Waals surface area (Å²) in [4.78, 5) is 18.9. The Hall–Kier alpha value is -2.35. The van der Waals surface area contributed by atoms with E-state index < -0.39 is 0 Å². The molecule has 1 atom stereocenters. The maximum Gasteiger partial charge on any atom is 0.132 e. The molecule has 0 saturated heterocycles. The van der Waals surface area contributed by atoms with Crippen molar-refractivity contribution >= 4 is 11.8 Å². The Morgan fingerprint density at radius 3 is 2.35 bits per heavy atom. The second-order valence-corrected chi connectivity index (χ2v) is 7.27. The van der Waals surface area contributed by atoms with Crippen LogP contribution in [0.1, 0.15) is 31.3 Å². The number of rotatable bonds is 8. The van der Waals surface area contributed by atoms with E-state index in [2.05, 4.69) is 37.2 Å². The lowest BCUT2D eigenvalue weighted by molar-refractivity contribution is 0.483. The molecule has 8 heteroatoms. The molecule has 7 nitrogen and oxygen atoms in total. The van der Waals surface area contributed by atoms with Gasteiger partial charge in [-0.25, -0.2) is 9.97 Å². The molecule has 1 unspecified atom stereocenters. The molecule has 0 bridgehead atoms. The minimum Gasteiger partial charge on any atom is -0.257 e. The second-order valence-electron chi connectivity index (χ2n) is 6.39. The summed E-state index contributed by atoms with van der Waals surface area (Å²) >= 11 is 1.66. The lowest BCUT2D eigenvalue weighted by Gasteiger charge is -2.10. The van der Waals surface area contributed by atoms with Crippen molar-refractivity contribution in [1.29, 1.82) is 0 Å². The monoisotopic (exact) mass is 369 g/mol. The van der Waals surface area contributed by atoms with Gasteiger partial charge in [0.1, 0.15) is 17.2 Å². The van der Waals surface area contributed by atoms with E-state index in [4.69, 9.17) is 0 Å². The van der Waals surface area contributed by atoms with Crippen LogP contribution in [-0.2, 0) is 19.9 Å². The van der Waals surface area contributed by atoms with Crippen molar-refractivity contribution < 1.29 is 0 Å². The molecule has 136 valence electrons. The standard InChI is InChI=1S/C18H23N7S/c1-13(5-7-18-21-9-15(26-3)10-22-18)4-6-14-8-20-16(11-19-14)17-12-25(2)24-23-17/h8-13H,4-7H2,1-3H3. The van der Waals surface area contributed by atoms with Crippen LogP contribution < -0.4 is 0 Å². The minimum atomic E-state index is 0.584. The zero-order chi connectivity index (χ0) is 18.4. The molecule has 3 aromatic rings. The van der Waals surface area contributed by atoms with E-state index >= 15 is 0 Å². The molecule has 3 rings (SSSR count). The normalized spacial score (nSPS) is 12.3. The predicted molar refractivity (Wildman–Crippen MR) is 102 cm³/mol. The Bertz CT molecular complexity index is 814. The highest BCUT2D eigenvalue weighted by Crippen LogP contribution is 2.16. The van der Waals surface area contributed by atoms with Gasteiger partial charge >= 0.3 is 0 Å². The lowest BCUT2D eigenvalue weighted by Crippen LogP contribution is -2.03. The van der Waals surface area contributed by atoms with Crippen LogP contribution in [0, 0.1) is 5.92 Å². The molecular weight excluding hydrogens is 346 g/mol. The molecule has 0 spiro atoms. The lowest BCUT2D eigenvalue weighted by atomic mass is 9.98. The summed E-state index contributed by atoms with van der Waals surface area (Å²) in [6.45, 7) is 2.26. The van der Waals surface area contributed by atoms with Crippen LogP contribution in [-0.4, -0.2) is 41.2 Å². The van der Waals surface area contributed by atoms with Gasteiger partial charge in [-0.2, -0.15) is 0 Å². The topological polar surface area (TPSA) is 82.3 Å². The van der Waals surface area contributed by atoms with Gasteiger partial charge in [0.25, 0.3) is 0 Å². The molecule has 0 N–H and O–H groups in total. The van der Waals surface area contributed by atoms with E-state index in [0.717, 1.165) is 53.5 Å². The predicted octanol–water partition coefficient (Wildman–Crippen LogP) is 2.99. The van der Waals surface area contributed by atoms with E-state index in [1.165, 1.54) is 0 Å². The van der Waals surface area contributed by atoms with Crippen molar-refractivity contribution in [3.05, 3.63) is 42.5 Å².